The molecule has 0 unspecified atom stereocenters. The Bertz CT molecular complexity index is 201. The molecule has 0 radical (unpaired) electrons. The van der Waals surface area contributed by atoms with Gasteiger partial charge < -0.3 is 0 Å². The van der Waals surface area contributed by atoms with Crippen LogP contribution in [-0.2, 0) is 0 Å². The van der Waals surface area contributed by atoms with Crippen LogP contribution in [-0.4, -0.2) is 0 Å². The molecule has 0 amide bonds. The van der Waals surface area contributed by atoms with Gasteiger partial charge in [-0.3, -0.25) is 5.73 Å². The van der Waals surface area contributed by atoms with Gasteiger partial charge >= 0.3 is 0 Å². The topological polar surface area (TPSA) is 40.2 Å². The van der Waals surface area contributed by atoms with Crippen molar-refractivity contribution in [2.24, 2.45) is 0 Å². The highest BCUT2D eigenvalue weighted by Gasteiger charge is 1.99. The summed E-state index contributed by atoms with van der Waals surface area (Å²) >= 11 is 0. The van der Waals surface area contributed by atoms with Crippen molar-refractivity contribution in [3.05, 3.63) is 23.9 Å². The zero-order chi connectivity index (χ0) is 7.56. The molecule has 1 aromatic heterocycles. The molecule has 0 spiro atoms. The van der Waals surface area contributed by atoms with Crippen LogP contribution in [0.25, 0.3) is 0 Å². The van der Waals surface area contributed by atoms with Crippen molar-refractivity contribution in [1.82, 2.24) is 0 Å². The highest BCUT2D eigenvalue weighted by Crippen LogP contribution is 2.10. The molecular weight excluding hydrogens is 124 g/mol. The third-order valence-electron chi connectivity index (χ3n) is 1.53. The minimum Gasteiger partial charge on any atom is -0.287 e. The van der Waals surface area contributed by atoms with Crippen LogP contribution >= 0.6 is 0 Å². The first-order valence-corrected chi connectivity index (χ1v) is 3.47. The summed E-state index contributed by atoms with van der Waals surface area (Å²) in [6.07, 6.45) is 1.94. The van der Waals surface area contributed by atoms with Gasteiger partial charge in [0.15, 0.2) is 0 Å². The van der Waals surface area contributed by atoms with Gasteiger partial charge in [-0.15, -0.1) is 0 Å². The lowest BCUT2D eigenvalue weighted by Crippen LogP contribution is -2.10. The van der Waals surface area contributed by atoms with Gasteiger partial charge in [-0.25, -0.2) is 4.98 Å². The quantitative estimate of drug-likeness (QED) is 0.621. The van der Waals surface area contributed by atoms with Crippen LogP contribution in [0, 0.1) is 0 Å². The number of rotatable bonds is 1. The minimum absolute atomic E-state index is 0.567. The van der Waals surface area contributed by atoms with Crippen LogP contribution in [0.2, 0.25) is 0 Å². The van der Waals surface area contributed by atoms with Crippen molar-refractivity contribution < 1.29 is 4.98 Å². The Hall–Kier alpha value is -1.05. The van der Waals surface area contributed by atoms with Gasteiger partial charge in [-0.2, -0.15) is 0 Å². The molecule has 1 rings (SSSR count). The number of nitrogens with one attached hydrogen (secondary N) is 1. The van der Waals surface area contributed by atoms with E-state index in [0.29, 0.717) is 11.7 Å². The SMILES string of the molecule is CC(C)c1ccc(N)[nH+]c1. The summed E-state index contributed by atoms with van der Waals surface area (Å²) in [6, 6.07) is 3.92. The van der Waals surface area contributed by atoms with Crippen molar-refractivity contribution in [3.8, 4) is 0 Å². The number of anilines is 1. The number of nitrogens with two attached hydrogens (primary N) is 1. The third kappa shape index (κ3) is 1.47. The second kappa shape index (κ2) is 2.69. The van der Waals surface area contributed by atoms with Crippen molar-refractivity contribution in [2.75, 3.05) is 5.73 Å². The van der Waals surface area contributed by atoms with Gasteiger partial charge in [0.05, 0.1) is 6.20 Å². The summed E-state index contributed by atoms with van der Waals surface area (Å²) in [4.78, 5) is 2.96. The summed E-state index contributed by atoms with van der Waals surface area (Å²) in [7, 11) is 0. The van der Waals surface area contributed by atoms with Gasteiger partial charge in [-0.05, 0) is 17.5 Å². The molecule has 0 fully saturated rings. The number of nitrogen functional groups attached to an aromatic ring is 1. The fraction of sp³-hybridized carbons (Fsp3) is 0.375. The van der Waals surface area contributed by atoms with Gasteiger partial charge in [0.25, 0.3) is 5.82 Å². The Kier molecular flexibility index (Phi) is 1.90. The molecule has 1 aromatic rings. The molecule has 1 heterocycles. The van der Waals surface area contributed by atoms with Crippen LogP contribution in [0.3, 0.4) is 0 Å². The third-order valence-corrected chi connectivity index (χ3v) is 1.53. The predicted molar refractivity (Wildman–Crippen MR) is 41.5 cm³/mol. The molecule has 0 aliphatic carbocycles. The van der Waals surface area contributed by atoms with Crippen molar-refractivity contribution in [3.63, 3.8) is 0 Å². The van der Waals surface area contributed by atoms with Crippen LogP contribution in [0.15, 0.2) is 18.3 Å². The second-order valence-electron chi connectivity index (χ2n) is 2.73. The molecule has 0 atom stereocenters. The lowest BCUT2D eigenvalue weighted by molar-refractivity contribution is -0.361. The van der Waals surface area contributed by atoms with Crippen LogP contribution in [0.1, 0.15) is 25.3 Å². The van der Waals surface area contributed by atoms with E-state index in [9.17, 15) is 0 Å². The van der Waals surface area contributed by atoms with Crippen molar-refractivity contribution in [1.29, 1.82) is 0 Å². The molecule has 0 aromatic carbocycles. The molecular formula is C8H13N2+. The van der Waals surface area contributed by atoms with E-state index in [-0.39, 0.29) is 0 Å². The zero-order valence-corrected chi connectivity index (χ0v) is 6.39. The number of hydrogen-bond acceptors (Lipinski definition) is 1. The molecule has 10 heavy (non-hydrogen) atoms. The number of H-pyrrole nitrogens is 1. The average molecular weight is 137 g/mol. The Morgan fingerprint density at radius 1 is 1.40 bits per heavy atom. The number of aromatic nitrogens is 1. The van der Waals surface area contributed by atoms with E-state index in [1.165, 1.54) is 5.56 Å². The van der Waals surface area contributed by atoms with Gasteiger partial charge in [0.1, 0.15) is 0 Å². The largest absolute Gasteiger partial charge is 0.287 e. The van der Waals surface area contributed by atoms with E-state index in [1.807, 2.05) is 18.3 Å². The first-order valence-electron chi connectivity index (χ1n) is 3.47. The first-order chi connectivity index (χ1) is 4.70. The molecule has 0 aliphatic heterocycles. The maximum atomic E-state index is 5.47. The van der Waals surface area contributed by atoms with E-state index >= 15 is 0 Å². The van der Waals surface area contributed by atoms with Gasteiger partial charge in [0.2, 0.25) is 0 Å². The summed E-state index contributed by atoms with van der Waals surface area (Å²) in [5, 5.41) is 0. The lowest BCUT2D eigenvalue weighted by atomic mass is 10.1. The van der Waals surface area contributed by atoms with Gasteiger partial charge in [0, 0.05) is 6.07 Å². The fourth-order valence-corrected chi connectivity index (χ4v) is 0.808. The molecule has 2 nitrogen and oxygen atoms in total. The van der Waals surface area contributed by atoms with Crippen LogP contribution in [0.4, 0.5) is 5.82 Å². The average Bonchev–Trinajstić information content (AvgIpc) is 1.88. The normalized spacial score (nSPS) is 10.3. The number of hydrogen-bond donors (Lipinski definition) is 1. The van der Waals surface area contributed by atoms with Crippen molar-refractivity contribution >= 4 is 5.82 Å². The Labute approximate surface area is 61.1 Å². The highest BCUT2D eigenvalue weighted by molar-refractivity contribution is 5.23. The summed E-state index contributed by atoms with van der Waals surface area (Å²) < 4.78 is 0. The fourth-order valence-electron chi connectivity index (χ4n) is 0.808. The first kappa shape index (κ1) is 7.06. The Morgan fingerprint density at radius 2 is 2.10 bits per heavy atom. The smallest absolute Gasteiger partial charge is 0.270 e. The number of aromatic amines is 1. The van der Waals surface area contributed by atoms with Crippen LogP contribution < -0.4 is 10.7 Å². The molecule has 0 saturated heterocycles. The van der Waals surface area contributed by atoms with Crippen LogP contribution in [0.5, 0.6) is 0 Å². The van der Waals surface area contributed by atoms with E-state index in [2.05, 4.69) is 18.8 Å². The summed E-state index contributed by atoms with van der Waals surface area (Å²) in [5.74, 6) is 1.28. The monoisotopic (exact) mass is 137 g/mol. The maximum absolute atomic E-state index is 5.47. The standard InChI is InChI=1S/C8H12N2/c1-6(2)7-3-4-8(9)10-5-7/h3-6H,1-2H3,(H2,9,10)/p+1. The second-order valence-corrected chi connectivity index (χ2v) is 2.73. The van der Waals surface area contributed by atoms with E-state index in [0.717, 1.165) is 0 Å². The lowest BCUT2D eigenvalue weighted by Gasteiger charge is -2.00. The maximum Gasteiger partial charge on any atom is 0.270 e. The van der Waals surface area contributed by atoms with E-state index < -0.39 is 0 Å². The molecule has 3 N–H and O–H groups in total. The van der Waals surface area contributed by atoms with E-state index in [1.54, 1.807) is 0 Å². The number of pyridine rings is 1. The van der Waals surface area contributed by atoms with Gasteiger partial charge in [-0.1, -0.05) is 13.8 Å². The minimum atomic E-state index is 0.567. The molecule has 0 bridgehead atoms. The molecule has 0 saturated carbocycles. The Morgan fingerprint density at radius 3 is 2.50 bits per heavy atom. The highest BCUT2D eigenvalue weighted by atomic mass is 14.8. The van der Waals surface area contributed by atoms with Crippen molar-refractivity contribution in [2.45, 2.75) is 19.8 Å². The predicted octanol–water partition coefficient (Wildman–Crippen LogP) is 1.21. The summed E-state index contributed by atoms with van der Waals surface area (Å²) in [5.41, 5.74) is 6.76. The molecule has 0 aliphatic rings. The molecule has 2 heteroatoms. The van der Waals surface area contributed by atoms with E-state index in [4.69, 9.17) is 5.73 Å². The zero-order valence-electron chi connectivity index (χ0n) is 6.39. The summed E-state index contributed by atoms with van der Waals surface area (Å²) in [6.45, 7) is 4.30. The molecule has 54 valence electrons. The Balaban J connectivity index is 2.89.